The average molecular weight is 500 g/mol. The zero-order valence-corrected chi connectivity index (χ0v) is 20.9. The largest absolute Gasteiger partial charge is 0.349 e. The standard InChI is InChI=1S/C25H29N3O4S2/c1-16-8-9-22(34(30,31)32)21(14-16)28-17(2)23(19-6-4-3-5-7-19)33-25(28)24(29)26-20-15-27-12-10-18(20)11-13-27/h3-9,14,18,20,25H,10-13,15H2,1-2H3,(H,26,29)(H,30,31,32)/t20-,25?/m0/s1. The van der Waals surface area contributed by atoms with Crippen LogP contribution in [-0.2, 0) is 14.9 Å². The first-order chi connectivity index (χ1) is 16.2. The van der Waals surface area contributed by atoms with Crippen LogP contribution in [0, 0.1) is 12.8 Å². The fourth-order valence-electron chi connectivity index (χ4n) is 5.30. The Morgan fingerprint density at radius 3 is 2.41 bits per heavy atom. The molecule has 0 saturated carbocycles. The van der Waals surface area contributed by atoms with Gasteiger partial charge in [0.2, 0.25) is 0 Å². The molecule has 0 aliphatic carbocycles. The average Bonchev–Trinajstić information content (AvgIpc) is 3.16. The number of aryl methyl sites for hydroxylation is 1. The number of thioether (sulfide) groups is 1. The van der Waals surface area contributed by atoms with Crippen LogP contribution in [0.3, 0.4) is 0 Å². The molecule has 1 amide bonds. The monoisotopic (exact) mass is 499 g/mol. The first-order valence-corrected chi connectivity index (χ1v) is 13.9. The van der Waals surface area contributed by atoms with Crippen LogP contribution in [0.15, 0.2) is 59.1 Å². The number of carbonyl (C=O) groups is 1. The molecule has 0 radical (unpaired) electrons. The second-order valence-corrected chi connectivity index (χ2v) is 11.8. The van der Waals surface area contributed by atoms with Crippen molar-refractivity contribution in [2.24, 2.45) is 5.92 Å². The summed E-state index contributed by atoms with van der Waals surface area (Å²) < 4.78 is 34.5. The third kappa shape index (κ3) is 4.37. The molecule has 3 fully saturated rings. The van der Waals surface area contributed by atoms with Crippen molar-refractivity contribution in [1.82, 2.24) is 10.2 Å². The van der Waals surface area contributed by atoms with Gasteiger partial charge in [-0.15, -0.1) is 0 Å². The lowest BCUT2D eigenvalue weighted by atomic mass is 9.84. The van der Waals surface area contributed by atoms with E-state index in [0.29, 0.717) is 11.6 Å². The highest BCUT2D eigenvalue weighted by molar-refractivity contribution is 8.10. The Labute approximate surface area is 205 Å². The number of anilines is 1. The molecule has 1 unspecified atom stereocenters. The van der Waals surface area contributed by atoms with Gasteiger partial charge in [0.05, 0.1) is 5.69 Å². The van der Waals surface area contributed by atoms with Crippen LogP contribution < -0.4 is 10.2 Å². The van der Waals surface area contributed by atoms with E-state index in [4.69, 9.17) is 0 Å². The number of hydrogen-bond acceptors (Lipinski definition) is 6. The van der Waals surface area contributed by atoms with E-state index in [1.54, 1.807) is 17.0 Å². The fourth-order valence-corrected chi connectivity index (χ4v) is 7.27. The molecule has 2 N–H and O–H groups in total. The minimum Gasteiger partial charge on any atom is -0.349 e. The van der Waals surface area contributed by atoms with Crippen molar-refractivity contribution >= 4 is 38.4 Å². The van der Waals surface area contributed by atoms with Crippen molar-refractivity contribution in [2.45, 2.75) is 43.0 Å². The zero-order valence-electron chi connectivity index (χ0n) is 19.3. The number of benzene rings is 2. The third-order valence-corrected chi connectivity index (χ3v) is 9.37. The summed E-state index contributed by atoms with van der Waals surface area (Å²) >= 11 is 1.42. The molecule has 0 spiro atoms. The van der Waals surface area contributed by atoms with Gasteiger partial charge < -0.3 is 15.1 Å². The van der Waals surface area contributed by atoms with Gasteiger partial charge in [0.25, 0.3) is 16.0 Å². The molecule has 9 heteroatoms. The molecule has 2 atom stereocenters. The Bertz CT molecular complexity index is 1240. The second-order valence-electron chi connectivity index (χ2n) is 9.32. The summed E-state index contributed by atoms with van der Waals surface area (Å²) in [7, 11) is -4.49. The number of piperidine rings is 3. The van der Waals surface area contributed by atoms with E-state index in [0.717, 1.165) is 54.2 Å². The number of carbonyl (C=O) groups excluding carboxylic acids is 1. The fraction of sp³-hybridized carbons (Fsp3) is 0.400. The van der Waals surface area contributed by atoms with Gasteiger partial charge in [-0.1, -0.05) is 48.2 Å². The Hall–Kier alpha value is -2.33. The summed E-state index contributed by atoms with van der Waals surface area (Å²) in [6.45, 7) is 6.78. The van der Waals surface area contributed by atoms with Gasteiger partial charge in [0.15, 0.2) is 5.37 Å². The molecule has 3 saturated heterocycles. The molecule has 4 aliphatic rings. The predicted octanol–water partition coefficient (Wildman–Crippen LogP) is 3.72. The highest BCUT2D eigenvalue weighted by atomic mass is 32.2. The van der Waals surface area contributed by atoms with Gasteiger partial charge >= 0.3 is 0 Å². The van der Waals surface area contributed by atoms with Crippen molar-refractivity contribution in [3.05, 3.63) is 65.4 Å². The molecule has 6 rings (SSSR count). The maximum Gasteiger partial charge on any atom is 0.296 e. The van der Waals surface area contributed by atoms with E-state index >= 15 is 0 Å². The topological polar surface area (TPSA) is 90.0 Å². The molecule has 0 aromatic heterocycles. The molecule has 34 heavy (non-hydrogen) atoms. The number of nitrogens with zero attached hydrogens (tertiary/aromatic N) is 2. The van der Waals surface area contributed by atoms with Gasteiger partial charge in [0, 0.05) is 23.2 Å². The molecular weight excluding hydrogens is 470 g/mol. The van der Waals surface area contributed by atoms with E-state index in [-0.39, 0.29) is 16.8 Å². The molecule has 4 aliphatic heterocycles. The molecule has 180 valence electrons. The Kier molecular flexibility index (Phi) is 6.22. The lowest BCUT2D eigenvalue weighted by Gasteiger charge is -2.45. The maximum absolute atomic E-state index is 13.7. The Morgan fingerprint density at radius 2 is 1.79 bits per heavy atom. The quantitative estimate of drug-likeness (QED) is 0.606. The van der Waals surface area contributed by atoms with Gasteiger partial charge in [-0.05, 0) is 69.0 Å². The van der Waals surface area contributed by atoms with E-state index in [1.165, 1.54) is 17.8 Å². The normalized spacial score (nSPS) is 26.7. The molecule has 4 heterocycles. The SMILES string of the molecule is CC1=C(c2ccccc2)SC(C(=O)N[C@H]2CN3CCC2CC3)N1c1cc(C)ccc1S(=O)(=O)O. The van der Waals surface area contributed by atoms with Crippen LogP contribution >= 0.6 is 11.8 Å². The van der Waals surface area contributed by atoms with E-state index < -0.39 is 15.5 Å². The molecule has 2 bridgehead atoms. The first kappa shape index (κ1) is 23.4. The number of fused-ring (bicyclic) bond motifs is 3. The molecule has 2 aromatic carbocycles. The summed E-state index contributed by atoms with van der Waals surface area (Å²) in [5, 5.41) is 2.59. The van der Waals surface area contributed by atoms with Crippen molar-refractivity contribution in [2.75, 3.05) is 24.5 Å². The summed E-state index contributed by atoms with van der Waals surface area (Å²) in [5.41, 5.74) is 2.90. The van der Waals surface area contributed by atoms with Crippen molar-refractivity contribution in [3.63, 3.8) is 0 Å². The van der Waals surface area contributed by atoms with E-state index in [2.05, 4.69) is 10.2 Å². The van der Waals surface area contributed by atoms with Crippen molar-refractivity contribution in [3.8, 4) is 0 Å². The van der Waals surface area contributed by atoms with Crippen LogP contribution in [0.25, 0.3) is 4.91 Å². The van der Waals surface area contributed by atoms with Crippen molar-refractivity contribution < 1.29 is 17.8 Å². The van der Waals surface area contributed by atoms with Crippen LogP contribution in [0.5, 0.6) is 0 Å². The highest BCUT2D eigenvalue weighted by Crippen LogP contribution is 2.48. The smallest absolute Gasteiger partial charge is 0.296 e. The second kappa shape index (κ2) is 9.03. The van der Waals surface area contributed by atoms with Gasteiger partial charge in [-0.2, -0.15) is 8.42 Å². The lowest BCUT2D eigenvalue weighted by Crippen LogP contribution is -2.59. The number of rotatable bonds is 5. The first-order valence-electron chi connectivity index (χ1n) is 11.6. The van der Waals surface area contributed by atoms with Crippen LogP contribution in [0.1, 0.15) is 30.9 Å². The van der Waals surface area contributed by atoms with Crippen molar-refractivity contribution in [1.29, 1.82) is 0 Å². The Morgan fingerprint density at radius 1 is 1.09 bits per heavy atom. The summed E-state index contributed by atoms with van der Waals surface area (Å²) in [6, 6.07) is 14.7. The maximum atomic E-state index is 13.7. The van der Waals surface area contributed by atoms with Crippen LogP contribution in [-0.4, -0.2) is 54.8 Å². The summed E-state index contributed by atoms with van der Waals surface area (Å²) in [5.74, 6) is 0.334. The molecule has 2 aromatic rings. The summed E-state index contributed by atoms with van der Waals surface area (Å²) in [4.78, 5) is 18.6. The number of allylic oxidation sites excluding steroid dienone is 1. The zero-order chi connectivity index (χ0) is 24.0. The van der Waals surface area contributed by atoms with Crippen LogP contribution in [0.2, 0.25) is 0 Å². The predicted molar refractivity (Wildman–Crippen MR) is 135 cm³/mol. The third-order valence-electron chi connectivity index (χ3n) is 7.05. The van der Waals surface area contributed by atoms with Crippen LogP contribution in [0.4, 0.5) is 5.69 Å². The van der Waals surface area contributed by atoms with Gasteiger partial charge in [0.1, 0.15) is 4.90 Å². The lowest BCUT2D eigenvalue weighted by molar-refractivity contribution is -0.122. The summed E-state index contributed by atoms with van der Waals surface area (Å²) in [6.07, 6.45) is 2.17. The minimum absolute atomic E-state index is 0.0945. The van der Waals surface area contributed by atoms with Gasteiger partial charge in [-0.3, -0.25) is 9.35 Å². The number of nitrogens with one attached hydrogen (secondary N) is 1. The molecule has 7 nitrogen and oxygen atoms in total. The van der Waals surface area contributed by atoms with Gasteiger partial charge in [-0.25, -0.2) is 0 Å². The molecular formula is C25H29N3O4S2. The van der Waals surface area contributed by atoms with E-state index in [9.17, 15) is 17.8 Å². The van der Waals surface area contributed by atoms with E-state index in [1.807, 2.05) is 44.2 Å². The number of amides is 1. The Balaban J connectivity index is 1.55. The minimum atomic E-state index is -4.49. The highest BCUT2D eigenvalue weighted by Gasteiger charge is 2.42. The number of hydrogen-bond donors (Lipinski definition) is 2.